The molecule has 0 bridgehead atoms. The lowest BCUT2D eigenvalue weighted by Crippen LogP contribution is -2.25. The van der Waals surface area contributed by atoms with Gasteiger partial charge < -0.3 is 0 Å². The molecule has 0 saturated heterocycles. The molecule has 1 aliphatic carbocycles. The molecular weight excluding hydrogens is 184 g/mol. The molecule has 0 heterocycles. The van der Waals surface area contributed by atoms with Crippen molar-refractivity contribution >= 4 is 5.78 Å². The molecule has 1 aromatic rings. The molecule has 80 valence electrons. The minimum absolute atomic E-state index is 0.187. The standard InChI is InChI=1S/C14H18O/c1-14(2)10-6-9-12(14)13(15)11-7-4-3-5-8-11/h3-5,7-8,12H,6,9-10H2,1-2H3. The van der Waals surface area contributed by atoms with Crippen LogP contribution in [0.3, 0.4) is 0 Å². The van der Waals surface area contributed by atoms with Gasteiger partial charge in [0.1, 0.15) is 0 Å². The first-order chi connectivity index (χ1) is 7.11. The van der Waals surface area contributed by atoms with Crippen LogP contribution in [0.1, 0.15) is 43.5 Å². The first kappa shape index (κ1) is 10.4. The molecule has 0 spiro atoms. The number of hydrogen-bond donors (Lipinski definition) is 0. The van der Waals surface area contributed by atoms with Crippen molar-refractivity contribution < 1.29 is 4.79 Å². The van der Waals surface area contributed by atoms with Crippen LogP contribution in [0.15, 0.2) is 30.3 Å². The van der Waals surface area contributed by atoms with Gasteiger partial charge in [-0.25, -0.2) is 0 Å². The summed E-state index contributed by atoms with van der Waals surface area (Å²) in [4.78, 5) is 12.3. The van der Waals surface area contributed by atoms with E-state index < -0.39 is 0 Å². The van der Waals surface area contributed by atoms with Crippen LogP contribution < -0.4 is 0 Å². The number of hydrogen-bond acceptors (Lipinski definition) is 1. The van der Waals surface area contributed by atoms with Crippen molar-refractivity contribution in [3.8, 4) is 0 Å². The SMILES string of the molecule is CC1(C)CCCC1C(=O)c1ccccc1. The lowest BCUT2D eigenvalue weighted by molar-refractivity contribution is 0.0839. The highest BCUT2D eigenvalue weighted by atomic mass is 16.1. The van der Waals surface area contributed by atoms with Gasteiger partial charge in [-0.1, -0.05) is 50.6 Å². The monoisotopic (exact) mass is 202 g/mol. The number of rotatable bonds is 2. The van der Waals surface area contributed by atoms with Crippen LogP contribution in [0, 0.1) is 11.3 Å². The Bertz CT molecular complexity index is 351. The number of carbonyl (C=O) groups is 1. The van der Waals surface area contributed by atoms with E-state index in [1.54, 1.807) is 0 Å². The van der Waals surface area contributed by atoms with E-state index in [1.165, 1.54) is 12.8 Å². The molecule has 1 aromatic carbocycles. The van der Waals surface area contributed by atoms with Crippen molar-refractivity contribution in [1.29, 1.82) is 0 Å². The van der Waals surface area contributed by atoms with Gasteiger partial charge >= 0.3 is 0 Å². The summed E-state index contributed by atoms with van der Waals surface area (Å²) < 4.78 is 0. The smallest absolute Gasteiger partial charge is 0.166 e. The van der Waals surface area contributed by atoms with Crippen LogP contribution in [0.4, 0.5) is 0 Å². The fourth-order valence-electron chi connectivity index (χ4n) is 2.62. The highest BCUT2D eigenvalue weighted by molar-refractivity contribution is 5.98. The summed E-state index contributed by atoms with van der Waals surface area (Å²) in [6, 6.07) is 9.69. The lowest BCUT2D eigenvalue weighted by Gasteiger charge is -2.25. The summed E-state index contributed by atoms with van der Waals surface area (Å²) in [7, 11) is 0. The average molecular weight is 202 g/mol. The largest absolute Gasteiger partial charge is 0.294 e. The van der Waals surface area contributed by atoms with E-state index in [2.05, 4.69) is 13.8 Å². The lowest BCUT2D eigenvalue weighted by atomic mass is 9.78. The first-order valence-corrected chi connectivity index (χ1v) is 5.70. The summed E-state index contributed by atoms with van der Waals surface area (Å²) in [5, 5.41) is 0. The van der Waals surface area contributed by atoms with Gasteiger partial charge in [-0.2, -0.15) is 0 Å². The van der Waals surface area contributed by atoms with Gasteiger partial charge in [0, 0.05) is 11.5 Å². The molecule has 1 saturated carbocycles. The van der Waals surface area contributed by atoms with Crippen molar-refractivity contribution in [2.24, 2.45) is 11.3 Å². The predicted molar refractivity (Wildman–Crippen MR) is 61.9 cm³/mol. The second-order valence-corrected chi connectivity index (χ2v) is 5.16. The third kappa shape index (κ3) is 1.97. The normalized spacial score (nSPS) is 24.0. The molecule has 0 aromatic heterocycles. The zero-order valence-corrected chi connectivity index (χ0v) is 9.49. The quantitative estimate of drug-likeness (QED) is 0.668. The molecule has 1 unspecified atom stereocenters. The Kier molecular flexibility index (Phi) is 2.64. The van der Waals surface area contributed by atoms with E-state index in [4.69, 9.17) is 0 Å². The second-order valence-electron chi connectivity index (χ2n) is 5.16. The van der Waals surface area contributed by atoms with Gasteiger partial charge in [-0.15, -0.1) is 0 Å². The molecule has 0 aliphatic heterocycles. The Balaban J connectivity index is 2.22. The highest BCUT2D eigenvalue weighted by Crippen LogP contribution is 2.44. The summed E-state index contributed by atoms with van der Waals surface area (Å²) in [5.74, 6) is 0.554. The minimum Gasteiger partial charge on any atom is -0.294 e. The summed E-state index contributed by atoms with van der Waals surface area (Å²) in [6.45, 7) is 4.43. The number of ketones is 1. The van der Waals surface area contributed by atoms with Gasteiger partial charge in [-0.05, 0) is 18.3 Å². The minimum atomic E-state index is 0.187. The molecule has 1 fully saturated rings. The van der Waals surface area contributed by atoms with E-state index in [1.807, 2.05) is 30.3 Å². The van der Waals surface area contributed by atoms with Crippen molar-refractivity contribution in [1.82, 2.24) is 0 Å². The van der Waals surface area contributed by atoms with Crippen molar-refractivity contribution in [2.45, 2.75) is 33.1 Å². The predicted octanol–water partition coefficient (Wildman–Crippen LogP) is 3.70. The molecular formula is C14H18O. The van der Waals surface area contributed by atoms with E-state index >= 15 is 0 Å². The molecule has 0 radical (unpaired) electrons. The maximum atomic E-state index is 12.3. The van der Waals surface area contributed by atoms with Crippen LogP contribution in [0.5, 0.6) is 0 Å². The molecule has 2 rings (SSSR count). The third-order valence-corrected chi connectivity index (χ3v) is 3.63. The van der Waals surface area contributed by atoms with Crippen molar-refractivity contribution in [3.05, 3.63) is 35.9 Å². The Morgan fingerprint density at radius 2 is 1.93 bits per heavy atom. The summed E-state index contributed by atoms with van der Waals surface area (Å²) in [6.07, 6.45) is 3.42. The van der Waals surface area contributed by atoms with Crippen molar-refractivity contribution in [2.75, 3.05) is 0 Å². The van der Waals surface area contributed by atoms with Gasteiger partial charge in [0.25, 0.3) is 0 Å². The molecule has 0 amide bonds. The van der Waals surface area contributed by atoms with Gasteiger partial charge in [0.2, 0.25) is 0 Å². The average Bonchev–Trinajstić information content (AvgIpc) is 2.58. The fourth-order valence-corrected chi connectivity index (χ4v) is 2.62. The Morgan fingerprint density at radius 3 is 2.47 bits per heavy atom. The van der Waals surface area contributed by atoms with E-state index in [-0.39, 0.29) is 11.3 Å². The van der Waals surface area contributed by atoms with E-state index in [9.17, 15) is 4.79 Å². The highest BCUT2D eigenvalue weighted by Gasteiger charge is 2.39. The molecule has 1 atom stereocenters. The topological polar surface area (TPSA) is 17.1 Å². The summed E-state index contributed by atoms with van der Waals surface area (Å²) in [5.41, 5.74) is 1.06. The maximum absolute atomic E-state index is 12.3. The van der Waals surface area contributed by atoms with Crippen LogP contribution in [-0.4, -0.2) is 5.78 Å². The van der Waals surface area contributed by atoms with E-state index in [0.717, 1.165) is 12.0 Å². The molecule has 1 aliphatic rings. The number of benzene rings is 1. The Hall–Kier alpha value is -1.11. The zero-order valence-electron chi connectivity index (χ0n) is 9.49. The van der Waals surface area contributed by atoms with Crippen LogP contribution in [0.25, 0.3) is 0 Å². The molecule has 15 heavy (non-hydrogen) atoms. The zero-order chi connectivity index (χ0) is 10.9. The van der Waals surface area contributed by atoms with Gasteiger partial charge in [0.05, 0.1) is 0 Å². The maximum Gasteiger partial charge on any atom is 0.166 e. The Labute approximate surface area is 91.5 Å². The number of carbonyl (C=O) groups excluding carboxylic acids is 1. The van der Waals surface area contributed by atoms with Crippen LogP contribution in [0.2, 0.25) is 0 Å². The fraction of sp³-hybridized carbons (Fsp3) is 0.500. The van der Waals surface area contributed by atoms with E-state index in [0.29, 0.717) is 5.78 Å². The van der Waals surface area contributed by atoms with Gasteiger partial charge in [-0.3, -0.25) is 4.79 Å². The number of Topliss-reactive ketones (excluding diaryl/α,β-unsaturated/α-hetero) is 1. The first-order valence-electron chi connectivity index (χ1n) is 5.70. The molecule has 1 heteroatoms. The third-order valence-electron chi connectivity index (χ3n) is 3.63. The van der Waals surface area contributed by atoms with Gasteiger partial charge in [0.15, 0.2) is 5.78 Å². The van der Waals surface area contributed by atoms with Crippen LogP contribution in [-0.2, 0) is 0 Å². The molecule has 1 nitrogen and oxygen atoms in total. The second kappa shape index (κ2) is 3.80. The Morgan fingerprint density at radius 1 is 1.27 bits per heavy atom. The summed E-state index contributed by atoms with van der Waals surface area (Å²) >= 11 is 0. The molecule has 0 N–H and O–H groups in total. The van der Waals surface area contributed by atoms with Crippen molar-refractivity contribution in [3.63, 3.8) is 0 Å². The van der Waals surface area contributed by atoms with Crippen LogP contribution >= 0.6 is 0 Å².